The van der Waals surface area contributed by atoms with Crippen LogP contribution in [0.1, 0.15) is 31.0 Å². The largest absolute Gasteiger partial charge is 0.368 e. The van der Waals surface area contributed by atoms with Crippen LogP contribution in [0.25, 0.3) is 0 Å². The van der Waals surface area contributed by atoms with E-state index in [4.69, 9.17) is 16.9 Å². The Labute approximate surface area is 119 Å². The highest BCUT2D eigenvalue weighted by Crippen LogP contribution is 2.28. The Hall–Kier alpha value is -1.31. The fourth-order valence-electron chi connectivity index (χ4n) is 2.38. The summed E-state index contributed by atoms with van der Waals surface area (Å²) >= 11 is 6.15. The predicted molar refractivity (Wildman–Crippen MR) is 77.4 cm³/mol. The topological polar surface area (TPSA) is 60.7 Å². The van der Waals surface area contributed by atoms with E-state index in [-0.39, 0.29) is 5.41 Å². The maximum Gasteiger partial charge on any atom is 0.145 e. The molecule has 1 atom stereocenters. The Kier molecular flexibility index (Phi) is 4.28. The molecule has 2 rings (SSSR count). The molecule has 1 fully saturated rings. The van der Waals surface area contributed by atoms with E-state index in [2.05, 4.69) is 28.6 Å². The zero-order chi connectivity index (χ0) is 13.9. The molecule has 1 aromatic rings. The Morgan fingerprint density at radius 1 is 1.63 bits per heavy atom. The summed E-state index contributed by atoms with van der Waals surface area (Å²) in [6.07, 6.45) is 2.39. The lowest BCUT2D eigenvalue weighted by Crippen LogP contribution is -2.42. The molecule has 0 spiro atoms. The van der Waals surface area contributed by atoms with Crippen LogP contribution in [0.4, 0.5) is 5.82 Å². The van der Waals surface area contributed by atoms with Gasteiger partial charge in [0.1, 0.15) is 11.9 Å². The van der Waals surface area contributed by atoms with Crippen molar-refractivity contribution in [2.75, 3.05) is 25.0 Å². The van der Waals surface area contributed by atoms with Crippen molar-refractivity contribution >= 4 is 17.4 Å². The van der Waals surface area contributed by atoms with Crippen LogP contribution in [0, 0.1) is 23.7 Å². The first-order valence-electron chi connectivity index (χ1n) is 6.56. The van der Waals surface area contributed by atoms with E-state index in [1.807, 2.05) is 6.92 Å². The highest BCUT2D eigenvalue weighted by atomic mass is 35.5. The minimum atomic E-state index is 0.227. The smallest absolute Gasteiger partial charge is 0.145 e. The van der Waals surface area contributed by atoms with Crippen molar-refractivity contribution in [1.82, 2.24) is 10.3 Å². The van der Waals surface area contributed by atoms with E-state index < -0.39 is 0 Å². The molecule has 2 heterocycles. The van der Waals surface area contributed by atoms with Gasteiger partial charge in [0.05, 0.1) is 16.3 Å². The molecular formula is C14H19ClN4. The fraction of sp³-hybridized carbons (Fsp3) is 0.571. The van der Waals surface area contributed by atoms with Crippen molar-refractivity contribution in [3.8, 4) is 6.07 Å². The number of nitrogens with zero attached hydrogens (tertiary/aromatic N) is 2. The van der Waals surface area contributed by atoms with Crippen molar-refractivity contribution in [2.24, 2.45) is 5.41 Å². The number of rotatable bonds is 3. The first-order valence-corrected chi connectivity index (χ1v) is 6.94. The summed E-state index contributed by atoms with van der Waals surface area (Å²) in [6, 6.07) is 3.77. The molecule has 0 aromatic carbocycles. The molecule has 0 amide bonds. The molecule has 5 heteroatoms. The van der Waals surface area contributed by atoms with Gasteiger partial charge in [-0.05, 0) is 37.8 Å². The Bertz CT molecular complexity index is 501. The molecular weight excluding hydrogens is 260 g/mol. The fourth-order valence-corrected chi connectivity index (χ4v) is 2.60. The van der Waals surface area contributed by atoms with Gasteiger partial charge >= 0.3 is 0 Å². The second-order valence-electron chi connectivity index (χ2n) is 5.51. The minimum Gasteiger partial charge on any atom is -0.368 e. The van der Waals surface area contributed by atoms with Crippen LogP contribution in [0.3, 0.4) is 0 Å². The number of halogens is 1. The van der Waals surface area contributed by atoms with Crippen LogP contribution in [0.2, 0.25) is 5.02 Å². The molecule has 19 heavy (non-hydrogen) atoms. The molecule has 1 saturated heterocycles. The Balaban J connectivity index is 2.07. The van der Waals surface area contributed by atoms with Gasteiger partial charge in [0.2, 0.25) is 0 Å². The summed E-state index contributed by atoms with van der Waals surface area (Å²) in [4.78, 5) is 4.37. The number of nitriles is 1. The van der Waals surface area contributed by atoms with E-state index >= 15 is 0 Å². The van der Waals surface area contributed by atoms with Crippen molar-refractivity contribution in [3.63, 3.8) is 0 Å². The van der Waals surface area contributed by atoms with Gasteiger partial charge in [0, 0.05) is 13.1 Å². The third-order valence-electron chi connectivity index (χ3n) is 3.66. The first kappa shape index (κ1) is 14.1. The summed E-state index contributed by atoms with van der Waals surface area (Å²) in [5.74, 6) is 0.671. The number of pyridine rings is 1. The number of aryl methyl sites for hydroxylation is 1. The van der Waals surface area contributed by atoms with Crippen LogP contribution in [-0.4, -0.2) is 24.6 Å². The molecule has 4 nitrogen and oxygen atoms in total. The highest BCUT2D eigenvalue weighted by Gasteiger charge is 2.26. The number of anilines is 1. The molecule has 1 aliphatic rings. The van der Waals surface area contributed by atoms with Gasteiger partial charge in [0.25, 0.3) is 0 Å². The summed E-state index contributed by atoms with van der Waals surface area (Å²) in [7, 11) is 0. The molecule has 2 N–H and O–H groups in total. The van der Waals surface area contributed by atoms with E-state index in [1.54, 1.807) is 6.07 Å². The van der Waals surface area contributed by atoms with Gasteiger partial charge in [-0.25, -0.2) is 4.98 Å². The van der Waals surface area contributed by atoms with E-state index in [0.29, 0.717) is 22.1 Å². The van der Waals surface area contributed by atoms with Crippen LogP contribution in [-0.2, 0) is 0 Å². The summed E-state index contributed by atoms with van der Waals surface area (Å²) < 4.78 is 0. The average Bonchev–Trinajstić information content (AvgIpc) is 2.40. The van der Waals surface area contributed by atoms with Gasteiger partial charge in [-0.15, -0.1) is 0 Å². The molecule has 102 valence electrons. The van der Waals surface area contributed by atoms with E-state index in [0.717, 1.165) is 19.6 Å². The third-order valence-corrected chi connectivity index (χ3v) is 3.94. The lowest BCUT2D eigenvalue weighted by molar-refractivity contribution is 0.253. The molecule has 0 radical (unpaired) electrons. The first-order chi connectivity index (χ1) is 9.04. The molecule has 0 aliphatic carbocycles. The van der Waals surface area contributed by atoms with E-state index in [9.17, 15) is 0 Å². The number of aromatic nitrogens is 1. The molecule has 0 bridgehead atoms. The molecule has 0 saturated carbocycles. The lowest BCUT2D eigenvalue weighted by Gasteiger charge is -2.34. The van der Waals surface area contributed by atoms with Crippen molar-refractivity contribution in [1.29, 1.82) is 5.26 Å². The lowest BCUT2D eigenvalue weighted by atomic mass is 9.83. The van der Waals surface area contributed by atoms with Crippen LogP contribution >= 0.6 is 11.6 Å². The third kappa shape index (κ3) is 3.37. The quantitative estimate of drug-likeness (QED) is 0.892. The zero-order valence-electron chi connectivity index (χ0n) is 11.4. The highest BCUT2D eigenvalue weighted by molar-refractivity contribution is 6.33. The predicted octanol–water partition coefficient (Wildman–Crippen LogP) is 2.72. The van der Waals surface area contributed by atoms with Crippen molar-refractivity contribution in [2.45, 2.75) is 26.7 Å². The monoisotopic (exact) mass is 278 g/mol. The Morgan fingerprint density at radius 2 is 2.42 bits per heavy atom. The standard InChI is InChI=1S/C14H19ClN4/c1-10-11(7-16)6-12(15)13(19-10)18-9-14(2)4-3-5-17-8-14/h6,17H,3-5,8-9H2,1-2H3,(H,18,19). The second-order valence-corrected chi connectivity index (χ2v) is 5.92. The van der Waals surface area contributed by atoms with E-state index in [1.165, 1.54) is 12.8 Å². The van der Waals surface area contributed by atoms with Gasteiger partial charge in [0.15, 0.2) is 0 Å². The summed E-state index contributed by atoms with van der Waals surface area (Å²) in [6.45, 7) is 7.02. The van der Waals surface area contributed by atoms with Crippen molar-refractivity contribution < 1.29 is 0 Å². The molecule has 1 aromatic heterocycles. The van der Waals surface area contributed by atoms with Crippen molar-refractivity contribution in [3.05, 3.63) is 22.3 Å². The number of hydrogen-bond acceptors (Lipinski definition) is 4. The zero-order valence-corrected chi connectivity index (χ0v) is 12.1. The van der Waals surface area contributed by atoms with Crippen LogP contribution < -0.4 is 10.6 Å². The number of piperidine rings is 1. The Morgan fingerprint density at radius 3 is 3.05 bits per heavy atom. The average molecular weight is 279 g/mol. The van der Waals surface area contributed by atoms with Gasteiger partial charge in [-0.2, -0.15) is 5.26 Å². The van der Waals surface area contributed by atoms with Gasteiger partial charge < -0.3 is 10.6 Å². The van der Waals surface area contributed by atoms with Gasteiger partial charge in [-0.3, -0.25) is 0 Å². The minimum absolute atomic E-state index is 0.227. The SMILES string of the molecule is Cc1nc(NCC2(C)CCCNC2)c(Cl)cc1C#N. The molecule has 1 unspecified atom stereocenters. The van der Waals surface area contributed by atoms with Crippen LogP contribution in [0.5, 0.6) is 0 Å². The van der Waals surface area contributed by atoms with Gasteiger partial charge in [-0.1, -0.05) is 18.5 Å². The maximum atomic E-state index is 8.93. The second kappa shape index (κ2) is 5.77. The van der Waals surface area contributed by atoms with Crippen LogP contribution in [0.15, 0.2) is 6.07 Å². The molecule has 1 aliphatic heterocycles. The normalized spacial score (nSPS) is 22.8. The summed E-state index contributed by atoms with van der Waals surface area (Å²) in [5.41, 5.74) is 1.47. The number of hydrogen-bond donors (Lipinski definition) is 2. The maximum absolute atomic E-state index is 8.93. The number of nitrogens with one attached hydrogen (secondary N) is 2. The summed E-state index contributed by atoms with van der Waals surface area (Å²) in [5, 5.41) is 16.2.